The molecule has 0 saturated carbocycles. The summed E-state index contributed by atoms with van der Waals surface area (Å²) in [5, 5.41) is 11.2. The van der Waals surface area contributed by atoms with Crippen LogP contribution in [0.2, 0.25) is 0 Å². The summed E-state index contributed by atoms with van der Waals surface area (Å²) in [6.45, 7) is 0.780. The van der Waals surface area contributed by atoms with Crippen LogP contribution in [-0.4, -0.2) is 39.1 Å². The van der Waals surface area contributed by atoms with Gasteiger partial charge in [0.05, 0.1) is 10.5 Å². The molecule has 0 unspecified atom stereocenters. The zero-order chi connectivity index (χ0) is 22.1. The number of benzene rings is 2. The largest absolute Gasteiger partial charge is 0.458 e. The lowest BCUT2D eigenvalue weighted by atomic mass is 10.1. The summed E-state index contributed by atoms with van der Waals surface area (Å²) in [4.78, 5) is 52.6. The van der Waals surface area contributed by atoms with E-state index >= 15 is 0 Å². The predicted octanol–water partition coefficient (Wildman–Crippen LogP) is 2.90. The third-order valence-corrected chi connectivity index (χ3v) is 4.74. The molecule has 1 aliphatic heterocycles. The van der Waals surface area contributed by atoms with E-state index in [4.69, 9.17) is 9.15 Å². The number of nitro groups is 1. The second-order valence-electron chi connectivity index (χ2n) is 6.70. The molecule has 3 aromatic rings. The summed E-state index contributed by atoms with van der Waals surface area (Å²) in [6, 6.07) is 12.9. The number of hydrogen-bond donors (Lipinski definition) is 0. The first kappa shape index (κ1) is 20.0. The molecular weight excluding hydrogens is 406 g/mol. The second-order valence-corrected chi connectivity index (χ2v) is 6.70. The summed E-state index contributed by atoms with van der Waals surface area (Å²) in [5.41, 5.74) is 0.219. The van der Waals surface area contributed by atoms with Crippen molar-refractivity contribution in [3.8, 4) is 11.5 Å². The number of aromatic nitrogens is 1. The van der Waals surface area contributed by atoms with Crippen molar-refractivity contribution in [2.75, 3.05) is 6.54 Å². The van der Waals surface area contributed by atoms with Gasteiger partial charge in [0, 0.05) is 11.6 Å². The molecule has 4 rings (SSSR count). The fourth-order valence-corrected chi connectivity index (χ4v) is 3.20. The molecule has 0 saturated heterocycles. The van der Waals surface area contributed by atoms with E-state index < -0.39 is 34.9 Å². The Labute approximate surface area is 175 Å². The minimum atomic E-state index is -0.909. The van der Waals surface area contributed by atoms with Crippen molar-refractivity contribution in [1.29, 1.82) is 0 Å². The highest BCUT2D eigenvalue weighted by atomic mass is 16.6. The molecule has 10 heteroatoms. The van der Waals surface area contributed by atoms with E-state index in [0.29, 0.717) is 22.2 Å². The van der Waals surface area contributed by atoms with Crippen LogP contribution in [0.5, 0.6) is 0 Å². The molecule has 0 fully saturated rings. The Kier molecular flexibility index (Phi) is 5.04. The molecule has 0 N–H and O–H groups in total. The van der Waals surface area contributed by atoms with Gasteiger partial charge in [-0.05, 0) is 25.1 Å². The average Bonchev–Trinajstić information content (AvgIpc) is 3.25. The summed E-state index contributed by atoms with van der Waals surface area (Å²) in [5.74, 6) is -1.72. The molecule has 10 nitrogen and oxygen atoms in total. The fourth-order valence-electron chi connectivity index (χ4n) is 3.20. The first-order valence-corrected chi connectivity index (χ1v) is 9.17. The Bertz CT molecular complexity index is 1220. The van der Waals surface area contributed by atoms with Gasteiger partial charge >= 0.3 is 5.97 Å². The minimum Gasteiger partial charge on any atom is -0.458 e. The van der Waals surface area contributed by atoms with Crippen molar-refractivity contribution in [3.63, 3.8) is 0 Å². The topological polar surface area (TPSA) is 133 Å². The third-order valence-electron chi connectivity index (χ3n) is 4.74. The number of esters is 1. The maximum absolute atomic E-state index is 12.5. The number of nitrogens with zero attached hydrogens (tertiary/aromatic N) is 3. The van der Waals surface area contributed by atoms with Crippen LogP contribution in [0.4, 0.5) is 5.69 Å². The predicted molar refractivity (Wildman–Crippen MR) is 105 cm³/mol. The molecule has 2 aromatic carbocycles. The smallest absolute Gasteiger partial charge is 0.326 e. The summed E-state index contributed by atoms with van der Waals surface area (Å²) in [6.07, 6.45) is 0. The maximum atomic E-state index is 12.5. The van der Waals surface area contributed by atoms with Gasteiger partial charge in [0.1, 0.15) is 30.2 Å². The zero-order valence-corrected chi connectivity index (χ0v) is 16.2. The van der Waals surface area contributed by atoms with Crippen molar-refractivity contribution in [2.45, 2.75) is 13.5 Å². The standard InChI is InChI=1S/C21H15N3O7/c1-12-15(22-19(31-12)13-6-3-2-4-7-13)11-30-17(25)10-23-20(26)14-8-5-9-16(24(28)29)18(14)21(23)27/h2-9H,10-11H2,1H3. The summed E-state index contributed by atoms with van der Waals surface area (Å²) >= 11 is 0. The third kappa shape index (κ3) is 3.66. The first-order chi connectivity index (χ1) is 14.9. The Morgan fingerprint density at radius 1 is 1.13 bits per heavy atom. The molecule has 2 amide bonds. The molecule has 0 radical (unpaired) electrons. The van der Waals surface area contributed by atoms with E-state index in [1.807, 2.05) is 30.3 Å². The molecule has 1 aromatic heterocycles. The number of fused-ring (bicyclic) bond motifs is 1. The SMILES string of the molecule is Cc1oc(-c2ccccc2)nc1COC(=O)CN1C(=O)c2cccc([N+](=O)[O-])c2C1=O. The number of imide groups is 1. The fraction of sp³-hybridized carbons (Fsp3) is 0.143. The molecule has 0 atom stereocenters. The van der Waals surface area contributed by atoms with Crippen molar-refractivity contribution in [2.24, 2.45) is 0 Å². The molecular formula is C21H15N3O7. The van der Waals surface area contributed by atoms with E-state index in [9.17, 15) is 24.5 Å². The van der Waals surface area contributed by atoms with Crippen LogP contribution in [0.3, 0.4) is 0 Å². The number of aryl methyl sites for hydroxylation is 1. The van der Waals surface area contributed by atoms with Gasteiger partial charge in [0.2, 0.25) is 5.89 Å². The van der Waals surface area contributed by atoms with Crippen molar-refractivity contribution < 1.29 is 28.5 Å². The number of oxazole rings is 1. The normalized spacial score (nSPS) is 12.7. The van der Waals surface area contributed by atoms with Crippen molar-refractivity contribution >= 4 is 23.5 Å². The van der Waals surface area contributed by atoms with Gasteiger partial charge in [0.15, 0.2) is 0 Å². The number of carbonyl (C=O) groups excluding carboxylic acids is 3. The number of amides is 2. The average molecular weight is 421 g/mol. The molecule has 0 aliphatic carbocycles. The van der Waals surface area contributed by atoms with Gasteiger partial charge in [-0.15, -0.1) is 0 Å². The van der Waals surface area contributed by atoms with E-state index in [1.165, 1.54) is 12.1 Å². The Hall–Kier alpha value is -4.34. The van der Waals surface area contributed by atoms with E-state index in [1.54, 1.807) is 6.92 Å². The second kappa shape index (κ2) is 7.82. The number of carbonyl (C=O) groups is 3. The van der Waals surface area contributed by atoms with E-state index in [0.717, 1.165) is 11.6 Å². The highest BCUT2D eigenvalue weighted by Crippen LogP contribution is 2.30. The summed E-state index contributed by atoms with van der Waals surface area (Å²) in [7, 11) is 0. The quantitative estimate of drug-likeness (QED) is 0.257. The van der Waals surface area contributed by atoms with Gasteiger partial charge in [-0.25, -0.2) is 4.98 Å². The maximum Gasteiger partial charge on any atom is 0.326 e. The number of rotatable bonds is 6. The van der Waals surface area contributed by atoms with Gasteiger partial charge in [0.25, 0.3) is 17.5 Å². The molecule has 1 aliphatic rings. The van der Waals surface area contributed by atoms with Crippen LogP contribution < -0.4 is 0 Å². The zero-order valence-electron chi connectivity index (χ0n) is 16.2. The van der Waals surface area contributed by atoms with Crippen LogP contribution in [-0.2, 0) is 16.1 Å². The Morgan fingerprint density at radius 2 is 1.87 bits per heavy atom. The number of ether oxygens (including phenoxy) is 1. The lowest BCUT2D eigenvalue weighted by Crippen LogP contribution is -2.35. The highest BCUT2D eigenvalue weighted by molar-refractivity contribution is 6.24. The van der Waals surface area contributed by atoms with Gasteiger partial charge in [-0.2, -0.15) is 0 Å². The van der Waals surface area contributed by atoms with Crippen LogP contribution in [0.15, 0.2) is 52.9 Å². The lowest BCUT2D eigenvalue weighted by Gasteiger charge is -2.12. The number of nitro benzene ring substituents is 1. The van der Waals surface area contributed by atoms with Crippen LogP contribution in [0, 0.1) is 17.0 Å². The lowest BCUT2D eigenvalue weighted by molar-refractivity contribution is -0.385. The van der Waals surface area contributed by atoms with Crippen molar-refractivity contribution in [3.05, 3.63) is 81.2 Å². The monoisotopic (exact) mass is 421 g/mol. The van der Waals surface area contributed by atoms with Crippen LogP contribution in [0.25, 0.3) is 11.5 Å². The van der Waals surface area contributed by atoms with E-state index in [-0.39, 0.29) is 17.7 Å². The van der Waals surface area contributed by atoms with Crippen LogP contribution in [0.1, 0.15) is 32.2 Å². The summed E-state index contributed by atoms with van der Waals surface area (Å²) < 4.78 is 10.7. The van der Waals surface area contributed by atoms with Gasteiger partial charge in [-0.1, -0.05) is 24.3 Å². The highest BCUT2D eigenvalue weighted by Gasteiger charge is 2.41. The Balaban J connectivity index is 1.44. The molecule has 0 spiro atoms. The molecule has 2 heterocycles. The molecule has 31 heavy (non-hydrogen) atoms. The van der Waals surface area contributed by atoms with Gasteiger partial charge < -0.3 is 9.15 Å². The van der Waals surface area contributed by atoms with Crippen molar-refractivity contribution in [1.82, 2.24) is 9.88 Å². The van der Waals surface area contributed by atoms with E-state index in [2.05, 4.69) is 4.98 Å². The molecule has 0 bridgehead atoms. The Morgan fingerprint density at radius 3 is 2.58 bits per heavy atom. The molecule has 156 valence electrons. The minimum absolute atomic E-state index is 0.119. The van der Waals surface area contributed by atoms with Crippen LogP contribution >= 0.6 is 0 Å². The number of hydrogen-bond acceptors (Lipinski definition) is 8. The van der Waals surface area contributed by atoms with Gasteiger partial charge in [-0.3, -0.25) is 29.4 Å². The first-order valence-electron chi connectivity index (χ1n) is 9.17.